The summed E-state index contributed by atoms with van der Waals surface area (Å²) in [5.41, 5.74) is 0.393. The van der Waals surface area contributed by atoms with E-state index in [1.807, 2.05) is 0 Å². The minimum Gasteiger partial charge on any atom is -0.303 e. The first kappa shape index (κ1) is 16.7. The molecule has 0 aromatic rings. The highest BCUT2D eigenvalue weighted by Crippen LogP contribution is 2.29. The van der Waals surface area contributed by atoms with E-state index in [4.69, 9.17) is 0 Å². The molecule has 0 saturated heterocycles. The Balaban J connectivity index is 3.71. The van der Waals surface area contributed by atoms with Gasteiger partial charge in [-0.3, -0.25) is 0 Å². The van der Waals surface area contributed by atoms with Gasteiger partial charge in [0, 0.05) is 12.3 Å². The van der Waals surface area contributed by atoms with Crippen LogP contribution >= 0.6 is 24.4 Å². The van der Waals surface area contributed by atoms with Crippen molar-refractivity contribution in [2.24, 2.45) is 11.3 Å². The van der Waals surface area contributed by atoms with E-state index in [-0.39, 0.29) is 0 Å². The normalized spacial score (nSPS) is 14.4. The van der Waals surface area contributed by atoms with Gasteiger partial charge in [0.25, 0.3) is 0 Å². The van der Waals surface area contributed by atoms with Crippen LogP contribution in [-0.4, -0.2) is 41.8 Å². The first-order valence-corrected chi connectivity index (χ1v) is 8.15. The van der Waals surface area contributed by atoms with Crippen molar-refractivity contribution in [3.05, 3.63) is 0 Å². The molecule has 3 heteroatoms. The lowest BCUT2D eigenvalue weighted by Gasteiger charge is -2.29. The van der Waals surface area contributed by atoms with E-state index in [0.717, 1.165) is 11.7 Å². The molecule has 0 aliphatic rings. The average Bonchev–Trinajstić information content (AvgIpc) is 2.22. The van der Waals surface area contributed by atoms with Crippen LogP contribution in [0.4, 0.5) is 0 Å². The zero-order valence-corrected chi connectivity index (χ0v) is 13.3. The summed E-state index contributed by atoms with van der Waals surface area (Å²) in [6.07, 6.45) is 0. The van der Waals surface area contributed by atoms with Gasteiger partial charge in [0.15, 0.2) is 0 Å². The summed E-state index contributed by atoms with van der Waals surface area (Å²) in [6.45, 7) is 15.0. The Labute approximate surface area is 112 Å². The van der Waals surface area contributed by atoms with E-state index in [1.54, 1.807) is 0 Å². The highest BCUT2D eigenvalue weighted by Gasteiger charge is 2.22. The van der Waals surface area contributed by atoms with Crippen LogP contribution in [0.15, 0.2) is 0 Å². The monoisotopic (exact) mass is 263 g/mol. The molecule has 0 radical (unpaired) electrons. The van der Waals surface area contributed by atoms with Crippen LogP contribution in [0.25, 0.3) is 0 Å². The van der Waals surface area contributed by atoms with E-state index in [0.29, 0.717) is 5.41 Å². The molecule has 0 aromatic heterocycles. The molecule has 0 aliphatic heterocycles. The van der Waals surface area contributed by atoms with Crippen LogP contribution in [0.2, 0.25) is 0 Å². The summed E-state index contributed by atoms with van der Waals surface area (Å²) in [4.78, 5) is 2.49. The molecule has 0 fully saturated rings. The number of hydrogen-bond acceptors (Lipinski definition) is 3. The number of thioether (sulfide) groups is 1. The van der Waals surface area contributed by atoms with Crippen molar-refractivity contribution >= 4 is 24.4 Å². The highest BCUT2D eigenvalue weighted by atomic mass is 32.2. The molecule has 98 valence electrons. The van der Waals surface area contributed by atoms with Crippen molar-refractivity contribution in [1.82, 2.24) is 4.90 Å². The van der Waals surface area contributed by atoms with Gasteiger partial charge in [-0.25, -0.2) is 0 Å². The molecule has 0 spiro atoms. The molecule has 16 heavy (non-hydrogen) atoms. The molecule has 0 N–H and O–H groups in total. The Morgan fingerprint density at radius 1 is 1.19 bits per heavy atom. The molecule has 0 saturated carbocycles. The summed E-state index contributed by atoms with van der Waals surface area (Å²) in [5, 5.41) is 0. The molecular weight excluding hydrogens is 234 g/mol. The van der Waals surface area contributed by atoms with Crippen LogP contribution in [0.5, 0.6) is 0 Å². The van der Waals surface area contributed by atoms with Crippen molar-refractivity contribution < 1.29 is 0 Å². The van der Waals surface area contributed by atoms with Gasteiger partial charge in [0.05, 0.1) is 0 Å². The smallest absolute Gasteiger partial charge is 0.00721 e. The van der Waals surface area contributed by atoms with E-state index in [2.05, 4.69) is 63.9 Å². The number of nitrogens with zero attached hydrogens (tertiary/aromatic N) is 1. The predicted octanol–water partition coefficient (Wildman–Crippen LogP) is 3.65. The van der Waals surface area contributed by atoms with E-state index in [1.165, 1.54) is 31.1 Å². The standard InChI is InChI=1S/C13H29NS2/c1-6-14(7-2)8-9-16-11-12(10-15)13(3,4)5/h12,15H,6-11H2,1-5H3. The number of thiol groups is 1. The second kappa shape index (κ2) is 8.71. The molecule has 0 heterocycles. The maximum absolute atomic E-state index is 4.46. The first-order chi connectivity index (χ1) is 7.45. The quantitative estimate of drug-likeness (QED) is 0.526. The van der Waals surface area contributed by atoms with Gasteiger partial charge in [-0.05, 0) is 35.9 Å². The van der Waals surface area contributed by atoms with Gasteiger partial charge in [-0.2, -0.15) is 24.4 Å². The summed E-state index contributed by atoms with van der Waals surface area (Å²) >= 11 is 6.55. The third kappa shape index (κ3) is 7.08. The highest BCUT2D eigenvalue weighted by molar-refractivity contribution is 7.99. The maximum Gasteiger partial charge on any atom is 0.00721 e. The van der Waals surface area contributed by atoms with Gasteiger partial charge in [0.1, 0.15) is 0 Å². The van der Waals surface area contributed by atoms with E-state index in [9.17, 15) is 0 Å². The Morgan fingerprint density at radius 3 is 2.12 bits per heavy atom. The molecule has 1 unspecified atom stereocenters. The second-order valence-electron chi connectivity index (χ2n) is 5.35. The fraction of sp³-hybridized carbons (Fsp3) is 1.00. The van der Waals surface area contributed by atoms with Gasteiger partial charge in [0.2, 0.25) is 0 Å². The first-order valence-electron chi connectivity index (χ1n) is 6.36. The third-order valence-corrected chi connectivity index (χ3v) is 4.76. The minimum atomic E-state index is 0.393. The maximum atomic E-state index is 4.46. The Kier molecular flexibility index (Phi) is 9.07. The van der Waals surface area contributed by atoms with Gasteiger partial charge in [-0.1, -0.05) is 34.6 Å². The summed E-state index contributed by atoms with van der Waals surface area (Å²) in [5.74, 6) is 4.22. The van der Waals surface area contributed by atoms with Crippen molar-refractivity contribution in [1.29, 1.82) is 0 Å². The fourth-order valence-electron chi connectivity index (χ4n) is 1.54. The lowest BCUT2D eigenvalue weighted by molar-refractivity contribution is 0.293. The molecule has 0 aliphatic carbocycles. The molecule has 0 amide bonds. The van der Waals surface area contributed by atoms with Gasteiger partial charge < -0.3 is 4.90 Å². The zero-order chi connectivity index (χ0) is 12.6. The van der Waals surface area contributed by atoms with E-state index >= 15 is 0 Å². The molecular formula is C13H29NS2. The minimum absolute atomic E-state index is 0.393. The van der Waals surface area contributed by atoms with Crippen molar-refractivity contribution in [3.8, 4) is 0 Å². The van der Waals surface area contributed by atoms with Gasteiger partial charge >= 0.3 is 0 Å². The molecule has 0 bridgehead atoms. The summed E-state index contributed by atoms with van der Waals surface area (Å²) in [6, 6.07) is 0. The Hall–Kier alpha value is 0.660. The summed E-state index contributed by atoms with van der Waals surface area (Å²) in [7, 11) is 0. The SMILES string of the molecule is CCN(CC)CCSCC(CS)C(C)(C)C. The van der Waals surface area contributed by atoms with Crippen LogP contribution < -0.4 is 0 Å². The van der Waals surface area contributed by atoms with Crippen LogP contribution in [0, 0.1) is 11.3 Å². The Bertz CT molecular complexity index is 162. The topological polar surface area (TPSA) is 3.24 Å². The van der Waals surface area contributed by atoms with Crippen LogP contribution in [-0.2, 0) is 0 Å². The lowest BCUT2D eigenvalue weighted by Crippen LogP contribution is -2.27. The van der Waals surface area contributed by atoms with Crippen molar-refractivity contribution in [3.63, 3.8) is 0 Å². The zero-order valence-electron chi connectivity index (χ0n) is 11.6. The predicted molar refractivity (Wildman–Crippen MR) is 81.9 cm³/mol. The van der Waals surface area contributed by atoms with Crippen molar-refractivity contribution in [2.75, 3.05) is 36.9 Å². The Morgan fingerprint density at radius 2 is 1.75 bits per heavy atom. The fourth-order valence-corrected chi connectivity index (χ4v) is 3.84. The average molecular weight is 264 g/mol. The second-order valence-corrected chi connectivity index (χ2v) is 6.86. The largest absolute Gasteiger partial charge is 0.303 e. The van der Waals surface area contributed by atoms with Crippen LogP contribution in [0.1, 0.15) is 34.6 Å². The molecule has 0 aromatic carbocycles. The molecule has 1 nitrogen and oxygen atoms in total. The molecule has 0 rings (SSSR count). The van der Waals surface area contributed by atoms with Crippen LogP contribution in [0.3, 0.4) is 0 Å². The number of hydrogen-bond donors (Lipinski definition) is 1. The lowest BCUT2D eigenvalue weighted by atomic mass is 9.83. The summed E-state index contributed by atoms with van der Waals surface area (Å²) < 4.78 is 0. The van der Waals surface area contributed by atoms with Gasteiger partial charge in [-0.15, -0.1) is 0 Å². The third-order valence-electron chi connectivity index (χ3n) is 3.21. The van der Waals surface area contributed by atoms with E-state index < -0.39 is 0 Å². The van der Waals surface area contributed by atoms with Crippen molar-refractivity contribution in [2.45, 2.75) is 34.6 Å². The molecule has 1 atom stereocenters. The number of rotatable bonds is 8.